The van der Waals surface area contributed by atoms with Gasteiger partial charge in [0.25, 0.3) is 0 Å². The molecule has 0 bridgehead atoms. The van der Waals surface area contributed by atoms with E-state index in [-0.39, 0.29) is 11.7 Å². The fourth-order valence-electron chi connectivity index (χ4n) is 1.83. The zero-order chi connectivity index (χ0) is 14.4. The van der Waals surface area contributed by atoms with E-state index in [1.54, 1.807) is 6.07 Å². The van der Waals surface area contributed by atoms with Crippen LogP contribution in [-0.2, 0) is 4.79 Å². The second-order valence-corrected chi connectivity index (χ2v) is 5.19. The predicted octanol–water partition coefficient (Wildman–Crippen LogP) is 2.67. The zero-order valence-corrected chi connectivity index (χ0v) is 11.6. The van der Waals surface area contributed by atoms with Crippen LogP contribution in [-0.4, -0.2) is 23.3 Å². The number of carbonyl (C=O) groups is 1. The molecule has 0 aromatic heterocycles. The van der Waals surface area contributed by atoms with E-state index < -0.39 is 0 Å². The monoisotopic (exact) mass is 286 g/mol. The van der Waals surface area contributed by atoms with Crippen molar-refractivity contribution in [2.45, 2.75) is 11.3 Å². The van der Waals surface area contributed by atoms with Crippen molar-refractivity contribution < 1.29 is 9.90 Å². The van der Waals surface area contributed by atoms with Crippen molar-refractivity contribution in [1.29, 1.82) is 5.26 Å². The quantitative estimate of drug-likeness (QED) is 0.654. The van der Waals surface area contributed by atoms with E-state index in [4.69, 9.17) is 5.26 Å². The lowest BCUT2D eigenvalue weighted by molar-refractivity contribution is -0.118. The van der Waals surface area contributed by atoms with Crippen molar-refractivity contribution in [2.24, 2.45) is 0 Å². The Morgan fingerprint density at radius 1 is 1.25 bits per heavy atom. The number of amides is 1. The Labute approximate surface area is 121 Å². The average molecular weight is 286 g/mol. The molecule has 0 unspecified atom stereocenters. The molecule has 2 rings (SSSR count). The van der Waals surface area contributed by atoms with E-state index in [0.29, 0.717) is 18.7 Å². The number of thioether (sulfide) groups is 1. The van der Waals surface area contributed by atoms with Gasteiger partial charge in [0.2, 0.25) is 5.91 Å². The van der Waals surface area contributed by atoms with Crippen LogP contribution >= 0.6 is 11.8 Å². The highest BCUT2D eigenvalue weighted by atomic mass is 32.2. The van der Waals surface area contributed by atoms with Crippen molar-refractivity contribution >= 4 is 28.4 Å². The van der Waals surface area contributed by atoms with Crippen LogP contribution in [0.3, 0.4) is 0 Å². The molecule has 0 radical (unpaired) electrons. The highest BCUT2D eigenvalue weighted by molar-refractivity contribution is 8.00. The normalized spacial score (nSPS) is 10.2. The van der Waals surface area contributed by atoms with E-state index in [1.165, 1.54) is 11.8 Å². The summed E-state index contributed by atoms with van der Waals surface area (Å²) in [6.07, 6.45) is 0.318. The number of aromatic hydroxyl groups is 1. The zero-order valence-electron chi connectivity index (χ0n) is 10.8. The van der Waals surface area contributed by atoms with Gasteiger partial charge in [-0.2, -0.15) is 5.26 Å². The summed E-state index contributed by atoms with van der Waals surface area (Å²) >= 11 is 1.42. The number of nitrogens with one attached hydrogen (secondary N) is 1. The number of fused-ring (bicyclic) bond motifs is 1. The van der Waals surface area contributed by atoms with Crippen molar-refractivity contribution in [3.05, 3.63) is 36.4 Å². The number of phenols is 1. The van der Waals surface area contributed by atoms with Gasteiger partial charge >= 0.3 is 0 Å². The predicted molar refractivity (Wildman–Crippen MR) is 79.6 cm³/mol. The third-order valence-electron chi connectivity index (χ3n) is 2.78. The number of hydrogen-bond acceptors (Lipinski definition) is 4. The summed E-state index contributed by atoms with van der Waals surface area (Å²) in [5.74, 6) is 0.436. The van der Waals surface area contributed by atoms with Crippen LogP contribution in [0.15, 0.2) is 41.3 Å². The lowest BCUT2D eigenvalue weighted by atomic mass is 10.1. The van der Waals surface area contributed by atoms with Crippen LogP contribution in [0.5, 0.6) is 5.75 Å². The number of hydrogen-bond donors (Lipinski definition) is 2. The molecule has 0 aliphatic heterocycles. The first-order chi connectivity index (χ1) is 9.72. The first-order valence-electron chi connectivity index (χ1n) is 6.19. The summed E-state index contributed by atoms with van der Waals surface area (Å²) in [6.45, 7) is 0.381. The van der Waals surface area contributed by atoms with E-state index in [0.717, 1.165) is 15.7 Å². The molecular formula is C15H14N2O2S. The van der Waals surface area contributed by atoms with Crippen LogP contribution in [0, 0.1) is 11.3 Å². The molecule has 0 aliphatic carbocycles. The maximum atomic E-state index is 11.6. The molecule has 5 heteroatoms. The van der Waals surface area contributed by atoms with Gasteiger partial charge in [0.15, 0.2) is 0 Å². The molecule has 0 fully saturated rings. The van der Waals surface area contributed by atoms with E-state index in [2.05, 4.69) is 5.32 Å². The molecule has 20 heavy (non-hydrogen) atoms. The van der Waals surface area contributed by atoms with Gasteiger partial charge < -0.3 is 10.4 Å². The number of carbonyl (C=O) groups excluding carboxylic acids is 1. The molecule has 0 saturated carbocycles. The Kier molecular flexibility index (Phi) is 4.85. The van der Waals surface area contributed by atoms with Crippen molar-refractivity contribution in [2.75, 3.05) is 12.3 Å². The Bertz CT molecular complexity index is 664. The number of nitriles is 1. The van der Waals surface area contributed by atoms with Crippen LogP contribution in [0.1, 0.15) is 6.42 Å². The molecule has 4 nitrogen and oxygen atoms in total. The van der Waals surface area contributed by atoms with Gasteiger partial charge in [-0.1, -0.05) is 24.3 Å². The molecule has 2 aromatic rings. The van der Waals surface area contributed by atoms with Crippen LogP contribution < -0.4 is 5.32 Å². The summed E-state index contributed by atoms with van der Waals surface area (Å²) in [5, 5.41) is 22.6. The smallest absolute Gasteiger partial charge is 0.230 e. The minimum absolute atomic E-state index is 0.0950. The Balaban J connectivity index is 2.06. The summed E-state index contributed by atoms with van der Waals surface area (Å²) in [6, 6.07) is 13.0. The van der Waals surface area contributed by atoms with E-state index in [1.807, 2.05) is 36.4 Å². The number of rotatable bonds is 5. The highest BCUT2D eigenvalue weighted by Gasteiger charge is 2.07. The number of nitrogens with zero attached hydrogens (tertiary/aromatic N) is 1. The summed E-state index contributed by atoms with van der Waals surface area (Å²) in [5.41, 5.74) is 0. The third kappa shape index (κ3) is 3.43. The second-order valence-electron chi connectivity index (χ2n) is 4.18. The Morgan fingerprint density at radius 3 is 2.75 bits per heavy atom. The highest BCUT2D eigenvalue weighted by Crippen LogP contribution is 2.33. The van der Waals surface area contributed by atoms with Crippen molar-refractivity contribution in [3.63, 3.8) is 0 Å². The molecular weight excluding hydrogens is 272 g/mol. The SMILES string of the molecule is N#CCCNC(=O)CSc1ccc(O)c2ccccc12. The topological polar surface area (TPSA) is 73.1 Å². The van der Waals surface area contributed by atoms with Gasteiger partial charge in [-0.25, -0.2) is 0 Å². The fraction of sp³-hybridized carbons (Fsp3) is 0.200. The molecule has 0 aliphatic rings. The molecule has 1 amide bonds. The molecule has 2 N–H and O–H groups in total. The molecule has 0 saturated heterocycles. The van der Waals surface area contributed by atoms with Crippen molar-refractivity contribution in [1.82, 2.24) is 5.32 Å². The summed E-state index contributed by atoms with van der Waals surface area (Å²) < 4.78 is 0. The lowest BCUT2D eigenvalue weighted by Gasteiger charge is -2.08. The number of benzene rings is 2. The maximum absolute atomic E-state index is 11.6. The van der Waals surface area contributed by atoms with Crippen molar-refractivity contribution in [3.8, 4) is 11.8 Å². The van der Waals surface area contributed by atoms with E-state index in [9.17, 15) is 9.90 Å². The standard InChI is InChI=1S/C15H14N2O2S/c16-8-3-9-17-15(19)10-20-14-7-6-13(18)11-4-1-2-5-12(11)14/h1-2,4-7,18H,3,9-10H2,(H,17,19). The fourth-order valence-corrected chi connectivity index (χ4v) is 2.72. The summed E-state index contributed by atoms with van der Waals surface area (Å²) in [7, 11) is 0. The van der Waals surface area contributed by atoms with Crippen LogP contribution in [0.2, 0.25) is 0 Å². The van der Waals surface area contributed by atoms with Gasteiger partial charge in [0, 0.05) is 16.8 Å². The summed E-state index contributed by atoms with van der Waals surface area (Å²) in [4.78, 5) is 12.6. The minimum atomic E-state index is -0.0950. The molecule has 2 aromatic carbocycles. The Morgan fingerprint density at radius 2 is 2.00 bits per heavy atom. The lowest BCUT2D eigenvalue weighted by Crippen LogP contribution is -2.25. The Hall–Kier alpha value is -2.19. The van der Waals surface area contributed by atoms with Gasteiger partial charge in [-0.05, 0) is 17.5 Å². The average Bonchev–Trinajstić information content (AvgIpc) is 2.47. The van der Waals surface area contributed by atoms with Crippen LogP contribution in [0.25, 0.3) is 10.8 Å². The molecule has 0 spiro atoms. The third-order valence-corrected chi connectivity index (χ3v) is 3.85. The number of phenolic OH excluding ortho intramolecular Hbond substituents is 1. The van der Waals surface area contributed by atoms with Gasteiger partial charge in [-0.15, -0.1) is 11.8 Å². The van der Waals surface area contributed by atoms with E-state index >= 15 is 0 Å². The second kappa shape index (κ2) is 6.83. The molecule has 0 atom stereocenters. The first-order valence-corrected chi connectivity index (χ1v) is 7.18. The van der Waals surface area contributed by atoms with Gasteiger partial charge in [0.05, 0.1) is 18.2 Å². The molecule has 102 valence electrons. The minimum Gasteiger partial charge on any atom is -0.507 e. The first kappa shape index (κ1) is 14.2. The molecule has 0 heterocycles. The largest absolute Gasteiger partial charge is 0.507 e. The van der Waals surface area contributed by atoms with Gasteiger partial charge in [0.1, 0.15) is 5.75 Å². The maximum Gasteiger partial charge on any atom is 0.230 e. The van der Waals surface area contributed by atoms with Gasteiger partial charge in [-0.3, -0.25) is 4.79 Å². The van der Waals surface area contributed by atoms with Crippen LogP contribution in [0.4, 0.5) is 0 Å².